The van der Waals surface area contributed by atoms with Crippen LogP contribution in [0.25, 0.3) is 0 Å². The standard InChI is InChI=1S/C8H10O3/c9-5-1-2-7-3-4-8(6-10)11-7/h3-4,6,9H,1-2,5H2. The lowest BCUT2D eigenvalue weighted by Crippen LogP contribution is -1.86. The van der Waals surface area contributed by atoms with Crippen LogP contribution in [-0.2, 0) is 6.42 Å². The van der Waals surface area contributed by atoms with Crippen molar-refractivity contribution >= 4 is 6.29 Å². The van der Waals surface area contributed by atoms with Gasteiger partial charge in [-0.05, 0) is 18.6 Å². The number of furan rings is 1. The average molecular weight is 154 g/mol. The Labute approximate surface area is 64.6 Å². The summed E-state index contributed by atoms with van der Waals surface area (Å²) >= 11 is 0. The van der Waals surface area contributed by atoms with Crippen molar-refractivity contribution in [1.29, 1.82) is 0 Å². The first-order chi connectivity index (χ1) is 5.36. The molecule has 11 heavy (non-hydrogen) atoms. The maximum Gasteiger partial charge on any atom is 0.185 e. The summed E-state index contributed by atoms with van der Waals surface area (Å²) in [6.07, 6.45) is 2.03. The Morgan fingerprint density at radius 3 is 2.91 bits per heavy atom. The van der Waals surface area contributed by atoms with Gasteiger partial charge >= 0.3 is 0 Å². The molecular formula is C8H10O3. The van der Waals surface area contributed by atoms with Crippen LogP contribution in [0.4, 0.5) is 0 Å². The highest BCUT2D eigenvalue weighted by Gasteiger charge is 1.98. The fourth-order valence-corrected chi connectivity index (χ4v) is 0.845. The largest absolute Gasteiger partial charge is 0.458 e. The van der Waals surface area contributed by atoms with E-state index in [4.69, 9.17) is 9.52 Å². The van der Waals surface area contributed by atoms with E-state index >= 15 is 0 Å². The van der Waals surface area contributed by atoms with Crippen molar-refractivity contribution < 1.29 is 14.3 Å². The number of hydrogen-bond donors (Lipinski definition) is 1. The molecule has 0 radical (unpaired) electrons. The van der Waals surface area contributed by atoms with Crippen LogP contribution in [0.3, 0.4) is 0 Å². The van der Waals surface area contributed by atoms with Gasteiger partial charge in [0.1, 0.15) is 5.76 Å². The molecule has 0 aromatic carbocycles. The zero-order valence-corrected chi connectivity index (χ0v) is 6.12. The molecule has 3 nitrogen and oxygen atoms in total. The predicted molar refractivity (Wildman–Crippen MR) is 39.5 cm³/mol. The van der Waals surface area contributed by atoms with Crippen LogP contribution in [0.1, 0.15) is 22.7 Å². The van der Waals surface area contributed by atoms with Gasteiger partial charge in [-0.2, -0.15) is 0 Å². The van der Waals surface area contributed by atoms with Crippen molar-refractivity contribution in [2.45, 2.75) is 12.8 Å². The SMILES string of the molecule is O=Cc1ccc(CCCO)o1. The first kappa shape index (κ1) is 8.01. The van der Waals surface area contributed by atoms with Crippen molar-refractivity contribution in [2.75, 3.05) is 6.61 Å². The molecule has 0 aliphatic heterocycles. The highest BCUT2D eigenvalue weighted by Crippen LogP contribution is 2.07. The number of aliphatic hydroxyl groups excluding tert-OH is 1. The zero-order chi connectivity index (χ0) is 8.10. The van der Waals surface area contributed by atoms with E-state index in [2.05, 4.69) is 0 Å². The summed E-state index contributed by atoms with van der Waals surface area (Å²) in [7, 11) is 0. The molecule has 0 aliphatic rings. The minimum absolute atomic E-state index is 0.150. The number of hydrogen-bond acceptors (Lipinski definition) is 3. The lowest BCUT2D eigenvalue weighted by Gasteiger charge is -1.90. The van der Waals surface area contributed by atoms with E-state index in [0.717, 1.165) is 5.76 Å². The van der Waals surface area contributed by atoms with Gasteiger partial charge < -0.3 is 9.52 Å². The molecule has 0 spiro atoms. The van der Waals surface area contributed by atoms with Gasteiger partial charge in [0, 0.05) is 13.0 Å². The molecule has 0 amide bonds. The molecule has 0 saturated heterocycles. The molecule has 60 valence electrons. The third-order valence-corrected chi connectivity index (χ3v) is 1.38. The van der Waals surface area contributed by atoms with Gasteiger partial charge in [0.15, 0.2) is 12.0 Å². The summed E-state index contributed by atoms with van der Waals surface area (Å²) in [5.74, 6) is 1.10. The van der Waals surface area contributed by atoms with E-state index in [0.29, 0.717) is 24.9 Å². The maximum absolute atomic E-state index is 10.2. The van der Waals surface area contributed by atoms with Crippen molar-refractivity contribution in [2.24, 2.45) is 0 Å². The topological polar surface area (TPSA) is 50.4 Å². The van der Waals surface area contributed by atoms with Gasteiger partial charge in [-0.1, -0.05) is 0 Å². The fourth-order valence-electron chi connectivity index (χ4n) is 0.845. The smallest absolute Gasteiger partial charge is 0.185 e. The van der Waals surface area contributed by atoms with Crippen LogP contribution in [0.5, 0.6) is 0 Å². The number of aldehydes is 1. The molecule has 0 unspecified atom stereocenters. The fraction of sp³-hybridized carbons (Fsp3) is 0.375. The van der Waals surface area contributed by atoms with Crippen molar-refractivity contribution in [1.82, 2.24) is 0 Å². The third-order valence-electron chi connectivity index (χ3n) is 1.38. The Morgan fingerprint density at radius 2 is 2.36 bits per heavy atom. The summed E-state index contributed by atoms with van der Waals surface area (Å²) in [6.45, 7) is 0.150. The van der Waals surface area contributed by atoms with E-state index in [1.54, 1.807) is 12.1 Å². The highest BCUT2D eigenvalue weighted by molar-refractivity contribution is 5.70. The summed E-state index contributed by atoms with van der Waals surface area (Å²) in [4.78, 5) is 10.2. The maximum atomic E-state index is 10.2. The Morgan fingerprint density at radius 1 is 1.55 bits per heavy atom. The molecular weight excluding hydrogens is 144 g/mol. The lowest BCUT2D eigenvalue weighted by molar-refractivity contribution is 0.109. The molecule has 0 aliphatic carbocycles. The molecule has 1 rings (SSSR count). The molecule has 1 heterocycles. The third kappa shape index (κ3) is 2.20. The summed E-state index contributed by atoms with van der Waals surface area (Å²) in [5, 5.41) is 8.48. The van der Waals surface area contributed by atoms with Gasteiger partial charge in [0.25, 0.3) is 0 Å². The molecule has 1 aromatic rings. The predicted octanol–water partition coefficient (Wildman–Crippen LogP) is 1.02. The van der Waals surface area contributed by atoms with Crippen LogP contribution >= 0.6 is 0 Å². The van der Waals surface area contributed by atoms with E-state index < -0.39 is 0 Å². The van der Waals surface area contributed by atoms with Crippen LogP contribution in [0.15, 0.2) is 16.5 Å². The Balaban J connectivity index is 2.51. The van der Waals surface area contributed by atoms with Crippen LogP contribution < -0.4 is 0 Å². The Kier molecular flexibility index (Phi) is 2.86. The molecule has 1 N–H and O–H groups in total. The summed E-state index contributed by atoms with van der Waals surface area (Å²) < 4.78 is 5.06. The summed E-state index contributed by atoms with van der Waals surface area (Å²) in [5.41, 5.74) is 0. The highest BCUT2D eigenvalue weighted by atomic mass is 16.3. The van der Waals surface area contributed by atoms with Crippen LogP contribution in [0.2, 0.25) is 0 Å². The van der Waals surface area contributed by atoms with E-state index in [-0.39, 0.29) is 6.61 Å². The first-order valence-corrected chi connectivity index (χ1v) is 3.51. The normalized spacial score (nSPS) is 9.91. The van der Waals surface area contributed by atoms with Gasteiger partial charge in [-0.15, -0.1) is 0 Å². The number of aliphatic hydroxyl groups is 1. The van der Waals surface area contributed by atoms with Crippen molar-refractivity contribution in [3.8, 4) is 0 Å². The molecule has 0 saturated carbocycles. The lowest BCUT2D eigenvalue weighted by atomic mass is 10.3. The molecule has 3 heteroatoms. The zero-order valence-electron chi connectivity index (χ0n) is 6.12. The number of aryl methyl sites for hydroxylation is 1. The van der Waals surface area contributed by atoms with Gasteiger partial charge in [-0.25, -0.2) is 0 Å². The average Bonchev–Trinajstić information content (AvgIpc) is 2.48. The van der Waals surface area contributed by atoms with E-state index in [1.165, 1.54) is 0 Å². The van der Waals surface area contributed by atoms with E-state index in [9.17, 15) is 4.79 Å². The molecule has 1 aromatic heterocycles. The van der Waals surface area contributed by atoms with Gasteiger partial charge in [0.05, 0.1) is 0 Å². The van der Waals surface area contributed by atoms with Gasteiger partial charge in [0.2, 0.25) is 0 Å². The Hall–Kier alpha value is -1.09. The molecule has 0 bridgehead atoms. The second-order valence-corrected chi connectivity index (χ2v) is 2.25. The second-order valence-electron chi connectivity index (χ2n) is 2.25. The minimum Gasteiger partial charge on any atom is -0.458 e. The quantitative estimate of drug-likeness (QED) is 0.658. The Bertz CT molecular complexity index is 227. The van der Waals surface area contributed by atoms with E-state index in [1.807, 2.05) is 0 Å². The molecule has 0 fully saturated rings. The number of carbonyl (C=O) groups excluding carboxylic acids is 1. The summed E-state index contributed by atoms with van der Waals surface area (Å²) in [6, 6.07) is 3.37. The number of carbonyl (C=O) groups is 1. The monoisotopic (exact) mass is 154 g/mol. The van der Waals surface area contributed by atoms with Crippen LogP contribution in [-0.4, -0.2) is 18.0 Å². The second kappa shape index (κ2) is 3.93. The molecule has 0 atom stereocenters. The van der Waals surface area contributed by atoms with Crippen molar-refractivity contribution in [3.63, 3.8) is 0 Å². The first-order valence-electron chi connectivity index (χ1n) is 3.51. The minimum atomic E-state index is 0.150. The number of rotatable bonds is 4. The van der Waals surface area contributed by atoms with Crippen molar-refractivity contribution in [3.05, 3.63) is 23.7 Å². The van der Waals surface area contributed by atoms with Gasteiger partial charge in [-0.3, -0.25) is 4.79 Å². The van der Waals surface area contributed by atoms with Crippen LogP contribution in [0, 0.1) is 0 Å².